The molecule has 7 nitrogen and oxygen atoms in total. The summed E-state index contributed by atoms with van der Waals surface area (Å²) in [7, 11) is -2.65. The second kappa shape index (κ2) is 22.1. The third-order valence-corrected chi connectivity index (χ3v) is 23.8. The molecule has 5 aliphatic heterocycles. The van der Waals surface area contributed by atoms with E-state index in [2.05, 4.69) is 382 Å². The number of fused-ring (bicyclic) bond motifs is 11. The Balaban J connectivity index is 0.925. The fourth-order valence-electron chi connectivity index (χ4n) is 16.4. The van der Waals surface area contributed by atoms with Crippen molar-refractivity contribution in [1.82, 2.24) is 0 Å². The van der Waals surface area contributed by atoms with Crippen LogP contribution in [-0.4, -0.2) is 21.5 Å². The van der Waals surface area contributed by atoms with Gasteiger partial charge in [0.15, 0.2) is 0 Å². The Labute approximate surface area is 562 Å². The molecule has 19 rings (SSSR count). The Kier molecular flexibility index (Phi) is 12.8. The van der Waals surface area contributed by atoms with Crippen molar-refractivity contribution in [3.05, 3.63) is 340 Å². The summed E-state index contributed by atoms with van der Waals surface area (Å²) >= 11 is 0. The van der Waals surface area contributed by atoms with Crippen LogP contribution in [0.5, 0.6) is 11.5 Å². The molecule has 10 heteroatoms. The standard InChI is InChI=1S/C86H62B2N6OSi/c1-96(2)82-50-30-29-49-74(82)92(64-41-21-8-22-42-64)75-52-51-70-85(86(75)96)94(66-45-25-10-26-46-66)79-55-68(90(61-35-15-5-16-36-61)62-37-17-6-18-38-62)56-81-84(79)88(70)72-57-71-76(58-80(72)95-81)93(65-43-23-9-24-44-65)78-54-67(89(59-31-11-3-12-32-59)60-33-13-4-14-34-60)53-77-83(78)87(71)69-47-27-28-48-73(69)91(77)63-39-19-7-20-40-63/h3-58H,1-2H3. The van der Waals surface area contributed by atoms with Crippen molar-refractivity contribution < 1.29 is 4.74 Å². The van der Waals surface area contributed by atoms with Crippen molar-refractivity contribution in [2.24, 2.45) is 0 Å². The Morgan fingerprint density at radius 1 is 0.271 bits per heavy atom. The summed E-state index contributed by atoms with van der Waals surface area (Å²) in [6.45, 7) is 4.70. The average molecular weight is 1250 g/mol. The van der Waals surface area contributed by atoms with Gasteiger partial charge in [0.25, 0.3) is 13.4 Å². The first-order valence-electron chi connectivity index (χ1n) is 33.2. The molecule has 0 saturated carbocycles. The van der Waals surface area contributed by atoms with Crippen LogP contribution in [0.25, 0.3) is 0 Å². The van der Waals surface area contributed by atoms with Crippen LogP contribution in [0.4, 0.5) is 102 Å². The highest BCUT2D eigenvalue weighted by Gasteiger charge is 2.51. The van der Waals surface area contributed by atoms with E-state index in [9.17, 15) is 0 Å². The number of para-hydroxylation sites is 10. The number of rotatable bonds is 10. The number of hydrogen-bond acceptors (Lipinski definition) is 7. The van der Waals surface area contributed by atoms with Gasteiger partial charge in [-0.2, -0.15) is 0 Å². The molecule has 0 spiro atoms. The first-order chi connectivity index (χ1) is 47.4. The van der Waals surface area contributed by atoms with Gasteiger partial charge in [-0.15, -0.1) is 0 Å². The zero-order chi connectivity index (χ0) is 63.6. The predicted molar refractivity (Wildman–Crippen MR) is 407 cm³/mol. The van der Waals surface area contributed by atoms with Crippen molar-refractivity contribution in [3.8, 4) is 11.5 Å². The molecule has 5 aliphatic rings. The van der Waals surface area contributed by atoms with Crippen molar-refractivity contribution >= 4 is 167 Å². The van der Waals surface area contributed by atoms with Gasteiger partial charge in [0.1, 0.15) is 19.6 Å². The number of anilines is 18. The first kappa shape index (κ1) is 55.6. The Morgan fingerprint density at radius 3 is 1.18 bits per heavy atom. The summed E-state index contributed by atoms with van der Waals surface area (Å²) in [4.78, 5) is 15.0. The first-order valence-corrected chi connectivity index (χ1v) is 36.2. The van der Waals surface area contributed by atoms with Crippen molar-refractivity contribution in [2.45, 2.75) is 13.1 Å². The molecular formula is C86H62B2N6OSi. The maximum Gasteiger partial charge on any atom is 0.256 e. The summed E-state index contributed by atoms with van der Waals surface area (Å²) in [6, 6.07) is 125. The largest absolute Gasteiger partial charge is 0.458 e. The van der Waals surface area contributed by atoms with E-state index in [1.54, 1.807) is 0 Å². The average Bonchev–Trinajstić information content (AvgIpc) is 0.714. The Morgan fingerprint density at radius 2 is 0.667 bits per heavy atom. The molecular weight excluding hydrogens is 1180 g/mol. The zero-order valence-electron chi connectivity index (χ0n) is 53.1. The van der Waals surface area contributed by atoms with E-state index in [0.717, 1.165) is 108 Å². The molecule has 14 aromatic carbocycles. The van der Waals surface area contributed by atoms with Gasteiger partial charge in [-0.1, -0.05) is 207 Å². The lowest BCUT2D eigenvalue weighted by atomic mass is 9.30. The summed E-state index contributed by atoms with van der Waals surface area (Å²) in [6.07, 6.45) is 0. The monoisotopic (exact) mass is 1240 g/mol. The molecule has 452 valence electrons. The molecule has 0 amide bonds. The van der Waals surface area contributed by atoms with Gasteiger partial charge in [0, 0.05) is 103 Å². The normalized spacial score (nSPS) is 13.8. The number of nitrogens with zero attached hydrogens (tertiary/aromatic N) is 6. The van der Waals surface area contributed by atoms with E-state index in [0.29, 0.717) is 0 Å². The second-order valence-corrected chi connectivity index (χ2v) is 30.3. The Bertz CT molecular complexity index is 5270. The van der Waals surface area contributed by atoms with Gasteiger partial charge in [0.2, 0.25) is 0 Å². The molecule has 0 aromatic heterocycles. The van der Waals surface area contributed by atoms with Gasteiger partial charge in [-0.05, 0) is 177 Å². The smallest absolute Gasteiger partial charge is 0.256 e. The van der Waals surface area contributed by atoms with Crippen molar-refractivity contribution in [3.63, 3.8) is 0 Å². The molecule has 14 aromatic rings. The molecule has 0 aliphatic carbocycles. The molecule has 0 N–H and O–H groups in total. The number of benzene rings is 14. The molecule has 0 fully saturated rings. The maximum atomic E-state index is 7.93. The third-order valence-electron chi connectivity index (χ3n) is 20.3. The molecule has 0 saturated heterocycles. The van der Waals surface area contributed by atoms with Gasteiger partial charge < -0.3 is 34.1 Å². The summed E-state index contributed by atoms with van der Waals surface area (Å²) < 4.78 is 7.93. The summed E-state index contributed by atoms with van der Waals surface area (Å²) in [5, 5.41) is 2.79. The van der Waals surface area contributed by atoms with Crippen LogP contribution in [0.15, 0.2) is 340 Å². The van der Waals surface area contributed by atoms with Crippen molar-refractivity contribution in [2.75, 3.05) is 29.4 Å². The summed E-state index contributed by atoms with van der Waals surface area (Å²) in [5.74, 6) is 1.65. The lowest BCUT2D eigenvalue weighted by molar-refractivity contribution is 0.488. The lowest BCUT2D eigenvalue weighted by Gasteiger charge is -2.48. The van der Waals surface area contributed by atoms with Gasteiger partial charge in [-0.3, -0.25) is 0 Å². The van der Waals surface area contributed by atoms with Gasteiger partial charge >= 0.3 is 0 Å². The third kappa shape index (κ3) is 8.55. The molecule has 0 radical (unpaired) electrons. The van der Waals surface area contributed by atoms with Crippen LogP contribution in [0.3, 0.4) is 0 Å². The molecule has 0 atom stereocenters. The van der Waals surface area contributed by atoms with Gasteiger partial charge in [-0.25, -0.2) is 0 Å². The topological polar surface area (TPSA) is 28.7 Å². The maximum absolute atomic E-state index is 7.93. The van der Waals surface area contributed by atoms with Crippen LogP contribution >= 0.6 is 0 Å². The van der Waals surface area contributed by atoms with E-state index in [1.807, 2.05) is 0 Å². The van der Waals surface area contributed by atoms with E-state index < -0.39 is 8.07 Å². The van der Waals surface area contributed by atoms with Crippen LogP contribution in [0.1, 0.15) is 0 Å². The minimum atomic E-state index is -2.65. The minimum Gasteiger partial charge on any atom is -0.458 e. The lowest BCUT2D eigenvalue weighted by Crippen LogP contribution is -2.66. The van der Waals surface area contributed by atoms with E-state index in [1.165, 1.54) is 49.3 Å². The SMILES string of the molecule is C[Si]1(C)c2ccccc2N(c2ccccc2)c2ccc3c(c21)N(c1ccccc1)c1cc(N(c2ccccc2)c2ccccc2)cc2c1B3c1cc3c(cc1O2)N(c1ccccc1)c1cc(N(c2ccccc2)c2ccccc2)cc2c1B3c1ccccc1N2c1ccccc1. The highest BCUT2D eigenvalue weighted by Crippen LogP contribution is 2.52. The number of ether oxygens (including phenoxy) is 1. The van der Waals surface area contributed by atoms with E-state index in [4.69, 9.17) is 4.74 Å². The highest BCUT2D eigenvalue weighted by atomic mass is 28.3. The van der Waals surface area contributed by atoms with Gasteiger partial charge in [0.05, 0.1) is 11.4 Å². The van der Waals surface area contributed by atoms with E-state index >= 15 is 0 Å². The van der Waals surface area contributed by atoms with Crippen LogP contribution in [0.2, 0.25) is 13.1 Å². The molecule has 0 bridgehead atoms. The molecule has 0 unspecified atom stereocenters. The molecule has 96 heavy (non-hydrogen) atoms. The van der Waals surface area contributed by atoms with Crippen molar-refractivity contribution in [1.29, 1.82) is 0 Å². The summed E-state index contributed by atoms with van der Waals surface area (Å²) in [5.41, 5.74) is 27.1. The van der Waals surface area contributed by atoms with Crippen LogP contribution in [0, 0.1) is 0 Å². The second-order valence-electron chi connectivity index (χ2n) is 26.0. The fourth-order valence-corrected chi connectivity index (χ4v) is 19.7. The zero-order valence-corrected chi connectivity index (χ0v) is 54.1. The highest BCUT2D eigenvalue weighted by molar-refractivity contribution is 7.06. The van der Waals surface area contributed by atoms with Crippen LogP contribution < -0.4 is 77.3 Å². The van der Waals surface area contributed by atoms with E-state index in [-0.39, 0.29) is 13.4 Å². The van der Waals surface area contributed by atoms with Crippen LogP contribution in [-0.2, 0) is 0 Å². The predicted octanol–water partition coefficient (Wildman–Crippen LogP) is 17.7. The Hall–Kier alpha value is -12.0. The quantitative estimate of drug-likeness (QED) is 0.126. The fraction of sp³-hybridized carbons (Fsp3) is 0.0233. The molecule has 5 heterocycles. The number of hydrogen-bond donors (Lipinski definition) is 0. The minimum absolute atomic E-state index is 0.189.